The molecule has 0 aromatic heterocycles. The molecule has 6 aromatic carbocycles. The van der Waals surface area contributed by atoms with E-state index in [2.05, 4.69) is 0 Å². The lowest BCUT2D eigenvalue weighted by Crippen LogP contribution is -2.52. The minimum atomic E-state index is -0.525. The first-order valence-corrected chi connectivity index (χ1v) is 16.1. The molecule has 49 heavy (non-hydrogen) atoms. The molecule has 2 aliphatic heterocycles. The first kappa shape index (κ1) is 30.0. The zero-order valence-electron chi connectivity index (χ0n) is 27.2. The van der Waals surface area contributed by atoms with Gasteiger partial charge in [0.2, 0.25) is 0 Å². The van der Waals surface area contributed by atoms with Crippen molar-refractivity contribution in [1.29, 1.82) is 0 Å². The number of hydrogen-bond donors (Lipinski definition) is 0. The van der Waals surface area contributed by atoms with Gasteiger partial charge in [-0.15, -0.1) is 0 Å². The molecule has 0 radical (unpaired) electrons. The molecular weight excluding hydrogens is 610 g/mol. The van der Waals surface area contributed by atoms with Crippen LogP contribution in [0, 0.1) is 20.8 Å². The van der Waals surface area contributed by atoms with Gasteiger partial charge in [0.1, 0.15) is 0 Å². The summed E-state index contributed by atoms with van der Waals surface area (Å²) < 4.78 is 0. The number of aryl methyl sites for hydroxylation is 3. The zero-order valence-corrected chi connectivity index (χ0v) is 27.2. The lowest BCUT2D eigenvalue weighted by atomic mass is 9.86. The summed E-state index contributed by atoms with van der Waals surface area (Å²) in [5.74, 6) is -2.06. The maximum Gasteiger partial charge on any atom is 0.280 e. The van der Waals surface area contributed by atoms with E-state index in [0.717, 1.165) is 38.3 Å². The fourth-order valence-corrected chi connectivity index (χ4v) is 6.73. The van der Waals surface area contributed by atoms with Gasteiger partial charge in [0.05, 0.1) is 29.0 Å². The van der Waals surface area contributed by atoms with Crippen LogP contribution in [0.25, 0.3) is 21.9 Å². The van der Waals surface area contributed by atoms with Gasteiger partial charge in [0.25, 0.3) is 23.6 Å². The summed E-state index contributed by atoms with van der Waals surface area (Å²) in [7, 11) is 0. The average molecular weight is 642 g/mol. The second kappa shape index (κ2) is 11.4. The van der Waals surface area contributed by atoms with E-state index < -0.39 is 23.6 Å². The van der Waals surface area contributed by atoms with Crippen LogP contribution in [0.4, 0.5) is 11.4 Å². The maximum atomic E-state index is 14.4. The minimum absolute atomic E-state index is 0.257. The summed E-state index contributed by atoms with van der Waals surface area (Å²) in [5.41, 5.74) is 8.38. The number of nitrogens with zero attached hydrogens (tertiary/aromatic N) is 3. The van der Waals surface area contributed by atoms with Crippen LogP contribution in [0.2, 0.25) is 0 Å². The van der Waals surface area contributed by atoms with Crippen molar-refractivity contribution in [3.05, 3.63) is 166 Å². The minimum Gasteiger partial charge on any atom is -0.271 e. The Morgan fingerprint density at radius 1 is 0.449 bits per heavy atom. The standard InChI is InChI=1S/C42H31N3O4/c1-25-4-10-28(11-5-25)24-43(31-16-8-27(3)9-17-31)45-41(48)35-22-20-33-37-34(21-23-36(38(35)37)42(45)49)40(47)44(39(33)46)32-18-14-30(15-19-32)29-12-6-26(2)7-13-29/h4-23H,24H2,1-3H3. The highest BCUT2D eigenvalue weighted by atomic mass is 16.2. The van der Waals surface area contributed by atoms with Crippen LogP contribution >= 0.6 is 0 Å². The molecule has 238 valence electrons. The Labute approximate surface area is 283 Å². The van der Waals surface area contributed by atoms with Crippen molar-refractivity contribution >= 4 is 45.8 Å². The van der Waals surface area contributed by atoms with Crippen LogP contribution in [0.15, 0.2) is 121 Å². The smallest absolute Gasteiger partial charge is 0.271 e. The van der Waals surface area contributed by atoms with Crippen molar-refractivity contribution in [3.63, 3.8) is 0 Å². The number of carbonyl (C=O) groups excluding carboxylic acids is 4. The number of rotatable bonds is 6. The van der Waals surface area contributed by atoms with E-state index in [1.165, 1.54) is 5.01 Å². The molecule has 0 atom stereocenters. The van der Waals surface area contributed by atoms with E-state index >= 15 is 0 Å². The van der Waals surface area contributed by atoms with Crippen LogP contribution in [-0.4, -0.2) is 28.6 Å². The first-order valence-electron chi connectivity index (χ1n) is 16.1. The Balaban J connectivity index is 1.19. The van der Waals surface area contributed by atoms with Gasteiger partial charge < -0.3 is 0 Å². The molecule has 6 aromatic rings. The summed E-state index contributed by atoms with van der Waals surface area (Å²) in [6.07, 6.45) is 0. The average Bonchev–Trinajstić information content (AvgIpc) is 3.11. The maximum absolute atomic E-state index is 14.4. The number of anilines is 2. The molecule has 0 spiro atoms. The monoisotopic (exact) mass is 641 g/mol. The third-order valence-electron chi connectivity index (χ3n) is 9.41. The zero-order chi connectivity index (χ0) is 34.0. The molecule has 0 aliphatic carbocycles. The summed E-state index contributed by atoms with van der Waals surface area (Å²) in [6, 6.07) is 37.4. The van der Waals surface area contributed by atoms with Gasteiger partial charge in [-0.25, -0.2) is 4.90 Å². The summed E-state index contributed by atoms with van der Waals surface area (Å²) in [4.78, 5) is 58.0. The molecule has 0 fully saturated rings. The second-order valence-electron chi connectivity index (χ2n) is 12.7. The molecule has 2 aliphatic rings. The van der Waals surface area contributed by atoms with E-state index in [1.54, 1.807) is 41.4 Å². The van der Waals surface area contributed by atoms with Gasteiger partial charge in [-0.05, 0) is 86.0 Å². The largest absolute Gasteiger partial charge is 0.280 e. The van der Waals surface area contributed by atoms with Gasteiger partial charge in [-0.1, -0.05) is 89.5 Å². The SMILES string of the molecule is Cc1ccc(CN(c2ccc(C)cc2)N2C(=O)c3ccc4c5c(ccc(c35)C2=O)C(=O)N(c2ccc(-c3ccc(C)cc3)cc2)C4=O)cc1. The van der Waals surface area contributed by atoms with Gasteiger partial charge in [-0.2, -0.15) is 5.01 Å². The van der Waals surface area contributed by atoms with E-state index in [0.29, 0.717) is 22.1 Å². The normalized spacial score (nSPS) is 13.8. The predicted molar refractivity (Wildman–Crippen MR) is 191 cm³/mol. The number of hydrogen-bond acceptors (Lipinski definition) is 5. The summed E-state index contributed by atoms with van der Waals surface area (Å²) in [5, 5.41) is 3.53. The molecule has 2 heterocycles. The molecule has 7 nitrogen and oxygen atoms in total. The van der Waals surface area contributed by atoms with Crippen molar-refractivity contribution in [2.24, 2.45) is 0 Å². The van der Waals surface area contributed by atoms with E-state index in [-0.39, 0.29) is 28.8 Å². The number of amides is 4. The van der Waals surface area contributed by atoms with Crippen molar-refractivity contribution in [2.75, 3.05) is 9.91 Å². The molecule has 7 heteroatoms. The number of carbonyl (C=O) groups is 4. The highest BCUT2D eigenvalue weighted by Crippen LogP contribution is 2.40. The topological polar surface area (TPSA) is 78.0 Å². The fraction of sp³-hybridized carbons (Fsp3) is 0.0952. The molecule has 0 bridgehead atoms. The highest BCUT2D eigenvalue weighted by Gasteiger charge is 2.42. The summed E-state index contributed by atoms with van der Waals surface area (Å²) in [6.45, 7) is 6.28. The van der Waals surface area contributed by atoms with Gasteiger partial charge in [0.15, 0.2) is 0 Å². The number of benzene rings is 6. The van der Waals surface area contributed by atoms with Crippen LogP contribution in [0.3, 0.4) is 0 Å². The van der Waals surface area contributed by atoms with Crippen molar-refractivity contribution in [2.45, 2.75) is 27.3 Å². The fourth-order valence-electron chi connectivity index (χ4n) is 6.73. The molecule has 8 rings (SSSR count). The molecule has 4 amide bonds. The lowest BCUT2D eigenvalue weighted by Gasteiger charge is -2.38. The van der Waals surface area contributed by atoms with Gasteiger partial charge in [-0.3, -0.25) is 24.2 Å². The predicted octanol–water partition coefficient (Wildman–Crippen LogP) is 8.45. The molecule has 0 unspecified atom stereocenters. The molecular formula is C42H31N3O4. The Morgan fingerprint density at radius 3 is 1.31 bits per heavy atom. The second-order valence-corrected chi connectivity index (χ2v) is 12.7. The molecule has 0 N–H and O–H groups in total. The Morgan fingerprint density at radius 2 is 0.837 bits per heavy atom. The molecule has 0 saturated heterocycles. The van der Waals surface area contributed by atoms with Crippen LogP contribution < -0.4 is 9.91 Å². The first-order chi connectivity index (χ1) is 23.7. The lowest BCUT2D eigenvalue weighted by molar-refractivity contribution is 0.0585. The Kier molecular flexibility index (Phi) is 7.00. The Hall–Kier alpha value is -6.34. The van der Waals surface area contributed by atoms with Crippen molar-refractivity contribution in [3.8, 4) is 11.1 Å². The molecule has 0 saturated carbocycles. The quantitative estimate of drug-likeness (QED) is 0.171. The van der Waals surface area contributed by atoms with E-state index in [9.17, 15) is 19.2 Å². The Bertz CT molecular complexity index is 2270. The van der Waals surface area contributed by atoms with Gasteiger partial charge in [0, 0.05) is 21.9 Å². The van der Waals surface area contributed by atoms with Gasteiger partial charge >= 0.3 is 0 Å². The third-order valence-corrected chi connectivity index (χ3v) is 9.41. The van der Waals surface area contributed by atoms with Crippen molar-refractivity contribution < 1.29 is 19.2 Å². The third kappa shape index (κ3) is 4.90. The van der Waals surface area contributed by atoms with Crippen LogP contribution in [0.1, 0.15) is 63.7 Å². The number of hydrazine groups is 1. The van der Waals surface area contributed by atoms with Crippen molar-refractivity contribution in [1.82, 2.24) is 5.01 Å². The summed E-state index contributed by atoms with van der Waals surface area (Å²) >= 11 is 0. The van der Waals surface area contributed by atoms with E-state index in [1.807, 2.05) is 106 Å². The van der Waals surface area contributed by atoms with E-state index in [4.69, 9.17) is 0 Å². The van der Waals surface area contributed by atoms with Crippen LogP contribution in [-0.2, 0) is 6.54 Å². The number of imide groups is 2. The highest BCUT2D eigenvalue weighted by molar-refractivity contribution is 6.39. The van der Waals surface area contributed by atoms with Crippen LogP contribution in [0.5, 0.6) is 0 Å².